The maximum Gasteiger partial charge on any atom is -0.00474 e. The zero-order valence-electron chi connectivity index (χ0n) is 7.30. The Kier molecular flexibility index (Phi) is 15.0. The highest BCUT2D eigenvalue weighted by atomic mass is 32.1. The summed E-state index contributed by atoms with van der Waals surface area (Å²) < 4.78 is 0. The molecule has 0 N–H and O–H groups in total. The second kappa shape index (κ2) is 11.8. The van der Waals surface area contributed by atoms with E-state index in [0.29, 0.717) is 0 Å². The number of hydrogen-bond donors (Lipinski definition) is 1. The molecular formula is C8H19NS. The largest absolute Gasteiger partial charge is 0.304 e. The van der Waals surface area contributed by atoms with Crippen molar-refractivity contribution in [3.63, 3.8) is 0 Å². The van der Waals surface area contributed by atoms with Crippen LogP contribution in [0, 0.1) is 0 Å². The first-order valence-electron chi connectivity index (χ1n) is 3.74. The minimum absolute atomic E-state index is 1.19. The van der Waals surface area contributed by atoms with Gasteiger partial charge in [0.1, 0.15) is 0 Å². The van der Waals surface area contributed by atoms with E-state index in [0.717, 1.165) is 0 Å². The number of nitrogens with zero attached hydrogens (tertiary/aromatic N) is 1. The lowest BCUT2D eigenvalue weighted by Crippen LogP contribution is -2.21. The summed E-state index contributed by atoms with van der Waals surface area (Å²) >= 11 is 3.55. The lowest BCUT2D eigenvalue weighted by molar-refractivity contribution is 0.321. The van der Waals surface area contributed by atoms with Gasteiger partial charge in [-0.05, 0) is 25.0 Å². The van der Waals surface area contributed by atoms with Crippen molar-refractivity contribution in [2.24, 2.45) is 0 Å². The van der Waals surface area contributed by atoms with Crippen LogP contribution in [0.3, 0.4) is 0 Å². The zero-order valence-corrected chi connectivity index (χ0v) is 8.19. The highest BCUT2D eigenvalue weighted by molar-refractivity contribution is 7.83. The van der Waals surface area contributed by atoms with Gasteiger partial charge in [-0.15, -0.1) is 0 Å². The predicted octanol–water partition coefficient (Wildman–Crippen LogP) is 2.41. The molecular weight excluding hydrogens is 142 g/mol. The van der Waals surface area contributed by atoms with Crippen molar-refractivity contribution >= 4 is 12.6 Å². The maximum atomic E-state index is 3.55. The van der Waals surface area contributed by atoms with Crippen LogP contribution in [0.25, 0.3) is 0 Å². The molecule has 0 fully saturated rings. The van der Waals surface area contributed by atoms with Gasteiger partial charge in [-0.3, -0.25) is 0 Å². The Hall–Kier alpha value is 0.0500. The Labute approximate surface area is 70.5 Å². The molecule has 1 nitrogen and oxygen atoms in total. The van der Waals surface area contributed by atoms with Crippen molar-refractivity contribution in [1.82, 2.24) is 4.90 Å². The van der Waals surface area contributed by atoms with Crippen molar-refractivity contribution in [2.75, 3.05) is 19.6 Å². The molecule has 2 heteroatoms. The van der Waals surface area contributed by atoms with Gasteiger partial charge in [0.05, 0.1) is 0 Å². The molecule has 0 bridgehead atoms. The van der Waals surface area contributed by atoms with Crippen LogP contribution < -0.4 is 0 Å². The van der Waals surface area contributed by atoms with Gasteiger partial charge >= 0.3 is 0 Å². The van der Waals surface area contributed by atoms with Crippen LogP contribution in [0.5, 0.6) is 0 Å². The molecule has 0 amide bonds. The second-order valence-electron chi connectivity index (χ2n) is 1.80. The van der Waals surface area contributed by atoms with Crippen molar-refractivity contribution in [3.8, 4) is 0 Å². The van der Waals surface area contributed by atoms with Crippen LogP contribution in [0.15, 0.2) is 12.0 Å². The molecule has 0 rings (SSSR count). The molecule has 0 aromatic rings. The first-order chi connectivity index (χ1) is 4.76. The van der Waals surface area contributed by atoms with Crippen molar-refractivity contribution in [3.05, 3.63) is 12.0 Å². The fourth-order valence-electron chi connectivity index (χ4n) is 0.671. The van der Waals surface area contributed by atoms with Crippen molar-refractivity contribution in [2.45, 2.75) is 20.8 Å². The van der Waals surface area contributed by atoms with Crippen molar-refractivity contribution in [1.29, 1.82) is 0 Å². The molecule has 0 radical (unpaired) electrons. The lowest BCUT2D eigenvalue weighted by Gasteiger charge is -2.13. The van der Waals surface area contributed by atoms with E-state index in [2.05, 4.69) is 44.9 Å². The highest BCUT2D eigenvalue weighted by Gasteiger charge is 1.89. The van der Waals surface area contributed by atoms with E-state index in [1.54, 1.807) is 0 Å². The van der Waals surface area contributed by atoms with Crippen LogP contribution in [-0.2, 0) is 0 Å². The topological polar surface area (TPSA) is 3.24 Å². The Morgan fingerprint density at radius 2 is 1.40 bits per heavy atom. The molecule has 0 saturated heterocycles. The summed E-state index contributed by atoms with van der Waals surface area (Å²) in [5.74, 6) is 0. The summed E-state index contributed by atoms with van der Waals surface area (Å²) in [7, 11) is 0. The van der Waals surface area contributed by atoms with Gasteiger partial charge in [0.2, 0.25) is 0 Å². The smallest absolute Gasteiger partial charge is 0.00474 e. The third kappa shape index (κ3) is 10.9. The van der Waals surface area contributed by atoms with Gasteiger partial charge in [0.25, 0.3) is 0 Å². The number of hydrogen-bond acceptors (Lipinski definition) is 2. The Balaban J connectivity index is 0. The van der Waals surface area contributed by atoms with Crippen LogP contribution >= 0.6 is 12.6 Å². The summed E-state index contributed by atoms with van der Waals surface area (Å²) in [4.78, 5) is 2.38. The van der Waals surface area contributed by atoms with Crippen LogP contribution in [0.1, 0.15) is 20.8 Å². The maximum absolute atomic E-state index is 3.55. The van der Waals surface area contributed by atoms with Gasteiger partial charge in [-0.1, -0.05) is 27.4 Å². The summed E-state index contributed by atoms with van der Waals surface area (Å²) in [5, 5.41) is 1.44. The first-order valence-corrected chi connectivity index (χ1v) is 4.25. The molecule has 0 saturated carbocycles. The van der Waals surface area contributed by atoms with E-state index in [1.165, 1.54) is 25.0 Å². The van der Waals surface area contributed by atoms with Gasteiger partial charge in [-0.2, -0.15) is 12.6 Å². The van der Waals surface area contributed by atoms with E-state index in [-0.39, 0.29) is 0 Å². The molecule has 62 valence electrons. The summed E-state index contributed by atoms with van der Waals surface area (Å²) in [6.07, 6.45) is 0. The van der Waals surface area contributed by atoms with Gasteiger partial charge in [0, 0.05) is 0 Å². The fourth-order valence-corrected chi connectivity index (χ4v) is 0.671. The SMILES string of the molecule is C=CS.CCN(CC)CC. The highest BCUT2D eigenvalue weighted by Crippen LogP contribution is 1.81. The monoisotopic (exact) mass is 161 g/mol. The van der Waals surface area contributed by atoms with E-state index >= 15 is 0 Å². The molecule has 0 heterocycles. The third-order valence-electron chi connectivity index (χ3n) is 1.34. The molecule has 0 aromatic carbocycles. The Morgan fingerprint density at radius 1 is 1.20 bits per heavy atom. The third-order valence-corrected chi connectivity index (χ3v) is 1.34. The standard InChI is InChI=1S/C6H15N.C2H4S/c1-4-7(5-2)6-3;1-2-3/h4-6H2,1-3H3;2-3H,1H2. The average Bonchev–Trinajstić information content (AvgIpc) is 1.93. The zero-order chi connectivity index (χ0) is 8.41. The molecule has 0 unspecified atom stereocenters. The molecule has 10 heavy (non-hydrogen) atoms. The molecule has 0 aliphatic heterocycles. The van der Waals surface area contributed by atoms with Crippen molar-refractivity contribution < 1.29 is 0 Å². The molecule has 0 spiro atoms. The Morgan fingerprint density at radius 3 is 1.40 bits per heavy atom. The molecule has 0 aromatic heterocycles. The quantitative estimate of drug-likeness (QED) is 0.622. The predicted molar refractivity (Wildman–Crippen MR) is 52.6 cm³/mol. The Bertz CT molecular complexity index is 54.8. The summed E-state index contributed by atoms with van der Waals surface area (Å²) in [6, 6.07) is 0. The van der Waals surface area contributed by atoms with Gasteiger partial charge < -0.3 is 4.90 Å². The van der Waals surface area contributed by atoms with E-state index < -0.39 is 0 Å². The summed E-state index contributed by atoms with van der Waals surface area (Å²) in [6.45, 7) is 13.4. The minimum Gasteiger partial charge on any atom is -0.304 e. The van der Waals surface area contributed by atoms with Gasteiger partial charge in [-0.25, -0.2) is 0 Å². The normalized spacial score (nSPS) is 8.50. The van der Waals surface area contributed by atoms with Gasteiger partial charge in [0.15, 0.2) is 0 Å². The van der Waals surface area contributed by atoms with E-state index in [9.17, 15) is 0 Å². The minimum atomic E-state index is 1.19. The number of rotatable bonds is 3. The van der Waals surface area contributed by atoms with Crippen LogP contribution in [0.4, 0.5) is 0 Å². The van der Waals surface area contributed by atoms with Crippen LogP contribution in [0.2, 0.25) is 0 Å². The second-order valence-corrected chi connectivity index (χ2v) is 2.17. The molecule has 0 aliphatic rings. The fraction of sp³-hybridized carbons (Fsp3) is 0.750. The van der Waals surface area contributed by atoms with E-state index in [4.69, 9.17) is 0 Å². The van der Waals surface area contributed by atoms with E-state index in [1.807, 2.05) is 0 Å². The van der Waals surface area contributed by atoms with Crippen LogP contribution in [-0.4, -0.2) is 24.5 Å². The molecule has 0 atom stereocenters. The average molecular weight is 161 g/mol. The molecule has 0 aliphatic carbocycles. The number of thiol groups is 1. The lowest BCUT2D eigenvalue weighted by atomic mass is 10.5. The first kappa shape index (κ1) is 12.7. The summed E-state index contributed by atoms with van der Waals surface area (Å²) in [5.41, 5.74) is 0.